The van der Waals surface area contributed by atoms with E-state index in [1.54, 1.807) is 37.3 Å². The number of hydrogen-bond donors (Lipinski definition) is 1. The van der Waals surface area contributed by atoms with Crippen molar-refractivity contribution in [3.8, 4) is 0 Å². The van der Waals surface area contributed by atoms with Crippen LogP contribution in [-0.4, -0.2) is 44.2 Å². The van der Waals surface area contributed by atoms with Crippen molar-refractivity contribution in [3.05, 3.63) is 41.6 Å². The summed E-state index contributed by atoms with van der Waals surface area (Å²) in [5, 5.41) is 6.35. The van der Waals surface area contributed by atoms with Gasteiger partial charge in [-0.3, -0.25) is 15.0 Å². The summed E-state index contributed by atoms with van der Waals surface area (Å²) in [5.74, 6) is 0.101. The molecule has 8 heteroatoms. The van der Waals surface area contributed by atoms with E-state index in [1.165, 1.54) is 6.26 Å². The molecule has 7 nitrogen and oxygen atoms in total. The van der Waals surface area contributed by atoms with Crippen LogP contribution in [0.5, 0.6) is 0 Å². The summed E-state index contributed by atoms with van der Waals surface area (Å²) in [6.45, 7) is 3.88. The molecule has 2 rings (SSSR count). The van der Waals surface area contributed by atoms with E-state index in [1.807, 2.05) is 18.9 Å². The minimum atomic E-state index is -3.21. The van der Waals surface area contributed by atoms with Gasteiger partial charge < -0.3 is 4.52 Å². The molecule has 0 aliphatic carbocycles. The summed E-state index contributed by atoms with van der Waals surface area (Å²) in [6, 6.07) is 8.26. The number of benzene rings is 1. The molecule has 2 aromatic rings. The first kappa shape index (κ1) is 18.2. The highest BCUT2D eigenvalue weighted by atomic mass is 32.2. The monoisotopic (exact) mass is 351 g/mol. The summed E-state index contributed by atoms with van der Waals surface area (Å²) < 4.78 is 27.9. The van der Waals surface area contributed by atoms with E-state index < -0.39 is 9.84 Å². The van der Waals surface area contributed by atoms with E-state index >= 15 is 0 Å². The van der Waals surface area contributed by atoms with Crippen LogP contribution < -0.4 is 5.32 Å². The Morgan fingerprint density at radius 3 is 2.46 bits per heavy atom. The molecule has 0 saturated carbocycles. The molecule has 0 saturated heterocycles. The number of likely N-dealkylation sites (N-methyl/N-ethyl adjacent to an activating group) is 1. The zero-order valence-electron chi connectivity index (χ0n) is 14.1. The molecule has 0 radical (unpaired) electrons. The standard InChI is InChI=1S/C16H21N3O4S/c1-11-9-16(23-18-11)17-15(20)10-19(3)12(2)13-5-7-14(8-6-13)24(4,21)22/h5-9,12H,10H2,1-4H3,(H,17,20)/t12-/m0/s1. The molecule has 1 aromatic carbocycles. The van der Waals surface area contributed by atoms with Crippen molar-refractivity contribution in [2.45, 2.75) is 24.8 Å². The number of anilines is 1. The van der Waals surface area contributed by atoms with Crippen LogP contribution >= 0.6 is 0 Å². The van der Waals surface area contributed by atoms with Gasteiger partial charge in [0.15, 0.2) is 9.84 Å². The van der Waals surface area contributed by atoms with Crippen LogP contribution in [0, 0.1) is 6.92 Å². The number of sulfone groups is 1. The maximum absolute atomic E-state index is 12.0. The lowest BCUT2D eigenvalue weighted by Crippen LogP contribution is -2.32. The third-order valence-corrected chi connectivity index (χ3v) is 4.86. The van der Waals surface area contributed by atoms with Gasteiger partial charge in [0.05, 0.1) is 17.1 Å². The maximum Gasteiger partial charge on any atom is 0.240 e. The smallest absolute Gasteiger partial charge is 0.240 e. The fraction of sp³-hybridized carbons (Fsp3) is 0.375. The number of amides is 1. The summed E-state index contributed by atoms with van der Waals surface area (Å²) in [5.41, 5.74) is 1.62. The van der Waals surface area contributed by atoms with Crippen LogP contribution in [0.25, 0.3) is 0 Å². The molecule has 0 fully saturated rings. The number of nitrogens with one attached hydrogen (secondary N) is 1. The highest BCUT2D eigenvalue weighted by Crippen LogP contribution is 2.20. The lowest BCUT2D eigenvalue weighted by molar-refractivity contribution is -0.117. The van der Waals surface area contributed by atoms with Crippen LogP contribution in [0.4, 0.5) is 5.88 Å². The van der Waals surface area contributed by atoms with E-state index in [9.17, 15) is 13.2 Å². The Kier molecular flexibility index (Phi) is 5.40. The second kappa shape index (κ2) is 7.14. The third-order valence-electron chi connectivity index (χ3n) is 3.74. The quantitative estimate of drug-likeness (QED) is 0.856. The summed E-state index contributed by atoms with van der Waals surface area (Å²) in [7, 11) is -1.39. The highest BCUT2D eigenvalue weighted by molar-refractivity contribution is 7.90. The van der Waals surface area contributed by atoms with Gasteiger partial charge in [0, 0.05) is 18.4 Å². The lowest BCUT2D eigenvalue weighted by Gasteiger charge is -2.24. The zero-order valence-corrected chi connectivity index (χ0v) is 14.9. The van der Waals surface area contributed by atoms with Crippen molar-refractivity contribution in [3.63, 3.8) is 0 Å². The molecule has 24 heavy (non-hydrogen) atoms. The number of nitrogens with zero attached hydrogens (tertiary/aromatic N) is 2. The molecular weight excluding hydrogens is 330 g/mol. The molecule has 0 spiro atoms. The van der Waals surface area contributed by atoms with Crippen LogP contribution in [0.1, 0.15) is 24.2 Å². The molecule has 0 aliphatic rings. The average Bonchev–Trinajstić information content (AvgIpc) is 2.90. The first-order valence-corrected chi connectivity index (χ1v) is 9.29. The Labute approximate surface area is 141 Å². The van der Waals surface area contributed by atoms with Crippen molar-refractivity contribution >= 4 is 21.6 Å². The Morgan fingerprint density at radius 2 is 1.96 bits per heavy atom. The van der Waals surface area contributed by atoms with Gasteiger partial charge in [0.25, 0.3) is 0 Å². The number of aryl methyl sites for hydroxylation is 1. The topological polar surface area (TPSA) is 92.5 Å². The van der Waals surface area contributed by atoms with Gasteiger partial charge in [-0.1, -0.05) is 17.3 Å². The minimum Gasteiger partial charge on any atom is -0.338 e. The molecule has 0 aliphatic heterocycles. The van der Waals surface area contributed by atoms with Crippen LogP contribution in [0.2, 0.25) is 0 Å². The summed E-state index contributed by atoms with van der Waals surface area (Å²) in [6.07, 6.45) is 1.17. The number of carbonyl (C=O) groups is 1. The van der Waals surface area contributed by atoms with Gasteiger partial charge in [0.1, 0.15) is 0 Å². The minimum absolute atomic E-state index is 0.0548. The van der Waals surface area contributed by atoms with Crippen LogP contribution in [0.15, 0.2) is 39.8 Å². The Balaban J connectivity index is 1.98. The van der Waals surface area contributed by atoms with E-state index in [4.69, 9.17) is 4.52 Å². The molecule has 1 amide bonds. The predicted molar refractivity (Wildman–Crippen MR) is 90.5 cm³/mol. The highest BCUT2D eigenvalue weighted by Gasteiger charge is 2.17. The van der Waals surface area contributed by atoms with E-state index in [0.717, 1.165) is 5.56 Å². The zero-order chi connectivity index (χ0) is 17.9. The first-order chi connectivity index (χ1) is 11.2. The molecule has 0 unspecified atom stereocenters. The predicted octanol–water partition coefficient (Wildman–Crippen LogP) is 2.02. The normalized spacial score (nSPS) is 13.0. The van der Waals surface area contributed by atoms with Crippen molar-refractivity contribution in [1.82, 2.24) is 10.1 Å². The van der Waals surface area contributed by atoms with Gasteiger partial charge in [-0.25, -0.2) is 8.42 Å². The molecule has 130 valence electrons. The van der Waals surface area contributed by atoms with Crippen LogP contribution in [-0.2, 0) is 14.6 Å². The summed E-state index contributed by atoms with van der Waals surface area (Å²) in [4.78, 5) is 14.2. The van der Waals surface area contributed by atoms with Gasteiger partial charge in [-0.15, -0.1) is 0 Å². The number of rotatable bonds is 6. The first-order valence-electron chi connectivity index (χ1n) is 7.40. The molecular formula is C16H21N3O4S. The average molecular weight is 351 g/mol. The van der Waals surface area contributed by atoms with Gasteiger partial charge in [0.2, 0.25) is 11.8 Å². The van der Waals surface area contributed by atoms with E-state index in [-0.39, 0.29) is 23.4 Å². The number of aromatic nitrogens is 1. The van der Waals surface area contributed by atoms with Crippen LogP contribution in [0.3, 0.4) is 0 Å². The molecule has 0 bridgehead atoms. The Hall–Kier alpha value is -2.19. The Bertz CT molecular complexity index is 812. The number of hydrogen-bond acceptors (Lipinski definition) is 6. The lowest BCUT2D eigenvalue weighted by atomic mass is 10.1. The van der Waals surface area contributed by atoms with Crippen molar-refractivity contribution < 1.29 is 17.7 Å². The molecule has 1 atom stereocenters. The fourth-order valence-corrected chi connectivity index (χ4v) is 2.84. The Morgan fingerprint density at radius 1 is 1.33 bits per heavy atom. The van der Waals surface area contributed by atoms with Gasteiger partial charge in [-0.05, 0) is 38.6 Å². The van der Waals surface area contributed by atoms with Crippen molar-refractivity contribution in [1.29, 1.82) is 0 Å². The van der Waals surface area contributed by atoms with E-state index in [0.29, 0.717) is 11.6 Å². The third kappa shape index (κ3) is 4.65. The molecule has 1 aromatic heterocycles. The van der Waals surface area contributed by atoms with E-state index in [2.05, 4.69) is 10.5 Å². The molecule has 1 heterocycles. The maximum atomic E-state index is 12.0. The largest absolute Gasteiger partial charge is 0.338 e. The van der Waals surface area contributed by atoms with Crippen molar-refractivity contribution in [2.75, 3.05) is 25.2 Å². The number of carbonyl (C=O) groups excluding carboxylic acids is 1. The SMILES string of the molecule is Cc1cc(NC(=O)CN(C)[C@@H](C)c2ccc(S(C)(=O)=O)cc2)on1. The second-order valence-electron chi connectivity index (χ2n) is 5.81. The molecule has 1 N–H and O–H groups in total. The van der Waals surface area contributed by atoms with Gasteiger partial charge in [-0.2, -0.15) is 0 Å². The summed E-state index contributed by atoms with van der Waals surface area (Å²) >= 11 is 0. The fourth-order valence-electron chi connectivity index (χ4n) is 2.21. The van der Waals surface area contributed by atoms with Crippen molar-refractivity contribution in [2.24, 2.45) is 0 Å². The van der Waals surface area contributed by atoms with Gasteiger partial charge >= 0.3 is 0 Å². The second-order valence-corrected chi connectivity index (χ2v) is 7.83.